The molecular weight excluding hydrogens is 365 g/mol. The fourth-order valence-electron chi connectivity index (χ4n) is 1.72. The minimum atomic E-state index is -0.488. The third-order valence-electron chi connectivity index (χ3n) is 2.58. The summed E-state index contributed by atoms with van der Waals surface area (Å²) in [6.07, 6.45) is 0.459. The van der Waals surface area contributed by atoms with Crippen molar-refractivity contribution < 1.29 is 18.6 Å². The van der Waals surface area contributed by atoms with Gasteiger partial charge in [-0.2, -0.15) is 0 Å². The molecule has 19 heavy (non-hydrogen) atoms. The van der Waals surface area contributed by atoms with Crippen LogP contribution in [0.15, 0.2) is 23.2 Å². The van der Waals surface area contributed by atoms with Crippen molar-refractivity contribution in [2.45, 2.75) is 6.10 Å². The molecule has 1 unspecified atom stereocenters. The molecule has 1 fully saturated rings. The molecule has 8 heteroatoms. The van der Waals surface area contributed by atoms with E-state index >= 15 is 0 Å². The first-order valence-electron chi connectivity index (χ1n) is 5.56. The molecule has 1 heterocycles. The van der Waals surface area contributed by atoms with Gasteiger partial charge in [0.15, 0.2) is 6.40 Å². The summed E-state index contributed by atoms with van der Waals surface area (Å²) in [5.41, 5.74) is 0.487. The van der Waals surface area contributed by atoms with E-state index in [1.807, 2.05) is 22.6 Å². The van der Waals surface area contributed by atoms with Crippen molar-refractivity contribution in [1.29, 1.82) is 0 Å². The zero-order valence-electron chi connectivity index (χ0n) is 10.2. The minimum absolute atomic E-state index is 0.322. The van der Waals surface area contributed by atoms with Crippen LogP contribution in [0.1, 0.15) is 0 Å². The van der Waals surface area contributed by atoms with Gasteiger partial charge in [0, 0.05) is 3.57 Å². The summed E-state index contributed by atoms with van der Waals surface area (Å²) in [6, 6.07) is 4.63. The van der Waals surface area contributed by atoms with Crippen molar-refractivity contribution in [3.63, 3.8) is 0 Å². The number of ether oxygens (including phenoxy) is 1. The van der Waals surface area contributed by atoms with Crippen LogP contribution in [-0.2, 0) is 9.39 Å². The number of carbonyl (C=O) groups is 1. The number of nitrogens with zero attached hydrogens (tertiary/aromatic N) is 2. The van der Waals surface area contributed by atoms with Gasteiger partial charge < -0.3 is 9.39 Å². The third kappa shape index (κ3) is 3.37. The highest BCUT2D eigenvalue weighted by Gasteiger charge is 2.32. The number of hydrogen-bond donors (Lipinski definition) is 0. The molecular formula is C11H11BFIN2O3. The van der Waals surface area contributed by atoms with Gasteiger partial charge in [0.05, 0.1) is 18.8 Å². The summed E-state index contributed by atoms with van der Waals surface area (Å²) in [5.74, 6) is -0.355. The number of amides is 1. The monoisotopic (exact) mass is 376 g/mol. The normalized spacial score (nSPS) is 18.9. The molecule has 1 aliphatic rings. The topological polar surface area (TPSA) is 51.1 Å². The van der Waals surface area contributed by atoms with Crippen molar-refractivity contribution in [1.82, 2.24) is 0 Å². The van der Waals surface area contributed by atoms with Crippen molar-refractivity contribution in [3.05, 3.63) is 27.6 Å². The Morgan fingerprint density at radius 1 is 1.68 bits per heavy atom. The second-order valence-electron chi connectivity index (χ2n) is 3.92. The Labute approximate surface area is 124 Å². The summed E-state index contributed by atoms with van der Waals surface area (Å²) in [7, 11) is 1.49. The molecule has 1 aromatic carbocycles. The number of aliphatic imine (C=N–C) groups is 1. The molecule has 2 rings (SSSR count). The van der Waals surface area contributed by atoms with Crippen LogP contribution in [-0.4, -0.2) is 39.7 Å². The van der Waals surface area contributed by atoms with Gasteiger partial charge in [-0.05, 0) is 40.8 Å². The molecule has 5 nitrogen and oxygen atoms in total. The van der Waals surface area contributed by atoms with Crippen molar-refractivity contribution in [2.75, 3.05) is 18.0 Å². The Morgan fingerprint density at radius 2 is 2.47 bits per heavy atom. The van der Waals surface area contributed by atoms with Crippen LogP contribution >= 0.6 is 22.6 Å². The molecule has 0 saturated carbocycles. The van der Waals surface area contributed by atoms with E-state index in [4.69, 9.17) is 4.74 Å². The maximum absolute atomic E-state index is 13.5. The van der Waals surface area contributed by atoms with E-state index in [9.17, 15) is 9.18 Å². The molecule has 1 aliphatic heterocycles. The van der Waals surface area contributed by atoms with Crippen LogP contribution in [0, 0.1) is 9.39 Å². The minimum Gasteiger partial charge on any atom is -0.560 e. The lowest BCUT2D eigenvalue weighted by Gasteiger charge is -2.13. The number of hydrogen-bond acceptors (Lipinski definition) is 4. The van der Waals surface area contributed by atoms with Gasteiger partial charge >= 0.3 is 14.1 Å². The van der Waals surface area contributed by atoms with Gasteiger partial charge in [0.25, 0.3) is 0 Å². The fraction of sp³-hybridized carbons (Fsp3) is 0.273. The predicted molar refractivity (Wildman–Crippen MR) is 79.7 cm³/mol. The maximum atomic E-state index is 13.5. The van der Waals surface area contributed by atoms with Crippen molar-refractivity contribution in [3.8, 4) is 0 Å². The van der Waals surface area contributed by atoms with Gasteiger partial charge in [-0.3, -0.25) is 9.89 Å². The van der Waals surface area contributed by atoms with Crippen LogP contribution < -0.4 is 4.90 Å². The molecule has 1 amide bonds. The number of rotatable bonds is 4. The van der Waals surface area contributed by atoms with Gasteiger partial charge in [0.2, 0.25) is 0 Å². The lowest BCUT2D eigenvalue weighted by Crippen LogP contribution is -2.25. The molecule has 1 saturated heterocycles. The van der Waals surface area contributed by atoms with Crippen LogP contribution in [0.25, 0.3) is 0 Å². The summed E-state index contributed by atoms with van der Waals surface area (Å²) < 4.78 is 23.8. The van der Waals surface area contributed by atoms with Gasteiger partial charge in [-0.15, -0.1) is 0 Å². The van der Waals surface area contributed by atoms with E-state index in [-0.39, 0.29) is 11.9 Å². The molecule has 0 N–H and O–H groups in total. The Kier molecular flexibility index (Phi) is 4.62. The number of halogens is 2. The zero-order valence-corrected chi connectivity index (χ0v) is 12.3. The molecule has 0 bridgehead atoms. The summed E-state index contributed by atoms with van der Waals surface area (Å²) in [4.78, 5) is 17.0. The van der Waals surface area contributed by atoms with E-state index in [0.29, 0.717) is 22.3 Å². The molecule has 1 aromatic rings. The number of anilines is 1. The molecule has 1 atom stereocenters. The first kappa shape index (κ1) is 14.1. The predicted octanol–water partition coefficient (Wildman–Crippen LogP) is 1.35. The van der Waals surface area contributed by atoms with Gasteiger partial charge in [-0.1, -0.05) is 0 Å². The zero-order chi connectivity index (χ0) is 13.8. The number of cyclic esters (lactones) is 1. The molecule has 100 valence electrons. The van der Waals surface area contributed by atoms with E-state index < -0.39 is 6.09 Å². The summed E-state index contributed by atoms with van der Waals surface area (Å²) in [5, 5.41) is 0. The Hall–Kier alpha value is -1.32. The average Bonchev–Trinajstić information content (AvgIpc) is 2.74. The molecule has 0 aromatic heterocycles. The van der Waals surface area contributed by atoms with Crippen LogP contribution in [0.5, 0.6) is 0 Å². The quantitative estimate of drug-likeness (QED) is 0.345. The highest BCUT2D eigenvalue weighted by atomic mass is 127. The van der Waals surface area contributed by atoms with Crippen LogP contribution in [0.2, 0.25) is 0 Å². The highest BCUT2D eigenvalue weighted by molar-refractivity contribution is 14.1. The Bertz CT molecular complexity index is 515. The number of carbonyl (C=O) groups excluding carboxylic acids is 1. The van der Waals surface area contributed by atoms with Crippen molar-refractivity contribution in [2.24, 2.45) is 4.99 Å². The van der Waals surface area contributed by atoms with Gasteiger partial charge in [-0.25, -0.2) is 9.18 Å². The van der Waals surface area contributed by atoms with Gasteiger partial charge in [0.1, 0.15) is 11.9 Å². The van der Waals surface area contributed by atoms with Crippen LogP contribution in [0.3, 0.4) is 0 Å². The SMILES string of the molecule is BOC=NCC1CN(c2ccc(I)c(F)c2)C(=O)O1. The molecule has 0 aliphatic carbocycles. The van der Waals surface area contributed by atoms with Crippen molar-refractivity contribution >= 4 is 48.8 Å². The standard InChI is InChI=1S/C11H11BFIN2O3/c12-18-6-15-4-8-5-16(11(17)19-8)7-1-2-10(14)9(13)3-7/h1-3,6,8H,4-5,12H2. The Morgan fingerprint density at radius 3 is 3.16 bits per heavy atom. The first-order chi connectivity index (χ1) is 9.11. The van der Waals surface area contributed by atoms with E-state index in [2.05, 4.69) is 9.65 Å². The number of benzene rings is 1. The average molecular weight is 376 g/mol. The lowest BCUT2D eigenvalue weighted by atomic mass is 10.2. The van der Waals surface area contributed by atoms with Crippen LogP contribution in [0.4, 0.5) is 14.9 Å². The maximum Gasteiger partial charge on any atom is 0.414 e. The van der Waals surface area contributed by atoms with E-state index in [1.54, 1.807) is 12.1 Å². The first-order valence-corrected chi connectivity index (χ1v) is 6.64. The van der Waals surface area contributed by atoms with E-state index in [0.717, 1.165) is 0 Å². The second kappa shape index (κ2) is 6.22. The molecule has 0 radical (unpaired) electrons. The largest absolute Gasteiger partial charge is 0.560 e. The third-order valence-corrected chi connectivity index (χ3v) is 3.45. The second-order valence-corrected chi connectivity index (χ2v) is 5.08. The molecule has 0 spiro atoms. The summed E-state index contributed by atoms with van der Waals surface area (Å²) in [6.45, 7) is 0.669. The summed E-state index contributed by atoms with van der Waals surface area (Å²) >= 11 is 1.89. The fourth-order valence-corrected chi connectivity index (χ4v) is 2.05. The van der Waals surface area contributed by atoms with E-state index in [1.165, 1.54) is 25.4 Å². The highest BCUT2D eigenvalue weighted by Crippen LogP contribution is 2.24. The lowest BCUT2D eigenvalue weighted by molar-refractivity contribution is 0.145. The smallest absolute Gasteiger partial charge is 0.414 e. The Balaban J connectivity index is 2.07.